The lowest BCUT2D eigenvalue weighted by Crippen LogP contribution is -2.21. The summed E-state index contributed by atoms with van der Waals surface area (Å²) in [6.45, 7) is 3.93. The molecule has 8 nitrogen and oxygen atoms in total. The predicted molar refractivity (Wildman–Crippen MR) is 113 cm³/mol. The molecule has 0 unspecified atom stereocenters. The highest BCUT2D eigenvalue weighted by Crippen LogP contribution is 2.36. The van der Waals surface area contributed by atoms with Gasteiger partial charge in [-0.15, -0.1) is 10.2 Å². The summed E-state index contributed by atoms with van der Waals surface area (Å²) in [5.74, 6) is -3.09. The van der Waals surface area contributed by atoms with E-state index >= 15 is 0 Å². The van der Waals surface area contributed by atoms with Crippen molar-refractivity contribution in [1.29, 1.82) is 0 Å². The largest absolute Gasteiger partial charge is 0.435 e. The van der Waals surface area contributed by atoms with E-state index in [0.29, 0.717) is 5.69 Å². The van der Waals surface area contributed by atoms with E-state index < -0.39 is 56.2 Å². The molecule has 0 fully saturated rings. The summed E-state index contributed by atoms with van der Waals surface area (Å²) < 4.78 is 83.7. The van der Waals surface area contributed by atoms with Crippen molar-refractivity contribution < 1.29 is 35.5 Å². The molecule has 0 aliphatic carbocycles. The number of pyridine rings is 1. The van der Waals surface area contributed by atoms with Crippen LogP contribution in [0.1, 0.15) is 33.0 Å². The standard InChI is InChI=1S/C21H18F4N4O4S/c1-10-8-15(22)17(12(3)26-10)33-20-16(11(2)18(28-29-20)21(23,24)25)19(30)27-13-6-5-7-14(9-13)34(4,31)32/h5-9H,1-4H3,(H,27,30). The molecule has 0 aliphatic rings. The molecule has 0 aliphatic heterocycles. The Bertz CT molecular complexity index is 1370. The van der Waals surface area contributed by atoms with Crippen LogP contribution in [-0.4, -0.2) is 35.8 Å². The summed E-state index contributed by atoms with van der Waals surface area (Å²) in [6, 6.07) is 6.16. The fraction of sp³-hybridized carbons (Fsp3) is 0.238. The van der Waals surface area contributed by atoms with Gasteiger partial charge in [-0.3, -0.25) is 9.78 Å². The molecule has 3 aromatic rings. The Hall–Kier alpha value is -3.61. The van der Waals surface area contributed by atoms with Crippen LogP contribution in [0.5, 0.6) is 11.6 Å². The number of hydrogen-bond acceptors (Lipinski definition) is 7. The topological polar surface area (TPSA) is 111 Å². The van der Waals surface area contributed by atoms with Crippen molar-refractivity contribution >= 4 is 21.4 Å². The third kappa shape index (κ3) is 5.30. The van der Waals surface area contributed by atoms with Gasteiger partial charge in [-0.05, 0) is 50.6 Å². The number of nitrogens with one attached hydrogen (secondary N) is 1. The van der Waals surface area contributed by atoms with Gasteiger partial charge in [0.15, 0.2) is 27.1 Å². The molecule has 0 saturated heterocycles. The normalized spacial score (nSPS) is 11.9. The molecule has 0 radical (unpaired) electrons. The smallest absolute Gasteiger partial charge is 0.432 e. The molecular formula is C21H18F4N4O4S. The van der Waals surface area contributed by atoms with Crippen molar-refractivity contribution in [3.05, 3.63) is 64.4 Å². The average molecular weight is 498 g/mol. The van der Waals surface area contributed by atoms with E-state index in [9.17, 15) is 30.8 Å². The quantitative estimate of drug-likeness (QED) is 0.519. The third-order valence-electron chi connectivity index (χ3n) is 4.62. The zero-order chi connectivity index (χ0) is 25.4. The number of alkyl halides is 3. The zero-order valence-electron chi connectivity index (χ0n) is 18.3. The minimum atomic E-state index is -4.94. The molecule has 3 rings (SSSR count). The molecule has 0 saturated carbocycles. The van der Waals surface area contributed by atoms with Gasteiger partial charge >= 0.3 is 6.18 Å². The Morgan fingerprint density at radius 3 is 2.35 bits per heavy atom. The van der Waals surface area contributed by atoms with Gasteiger partial charge in [0.05, 0.1) is 10.6 Å². The Labute approximate surface area is 191 Å². The molecule has 1 aromatic carbocycles. The molecule has 0 bridgehead atoms. The number of sulfone groups is 1. The van der Waals surface area contributed by atoms with Crippen LogP contribution in [0.4, 0.5) is 23.2 Å². The van der Waals surface area contributed by atoms with Gasteiger partial charge in [0.2, 0.25) is 0 Å². The second-order valence-corrected chi connectivity index (χ2v) is 9.38. The first-order valence-corrected chi connectivity index (χ1v) is 11.4. The minimum Gasteiger partial charge on any atom is -0.432 e. The number of carbonyl (C=O) groups excluding carboxylic acids is 1. The summed E-state index contributed by atoms with van der Waals surface area (Å²) >= 11 is 0. The van der Waals surface area contributed by atoms with Gasteiger partial charge in [0.25, 0.3) is 11.8 Å². The lowest BCUT2D eigenvalue weighted by Gasteiger charge is -2.17. The number of benzene rings is 1. The lowest BCUT2D eigenvalue weighted by molar-refractivity contribution is -0.142. The fourth-order valence-corrected chi connectivity index (χ4v) is 3.76. The number of hydrogen-bond donors (Lipinski definition) is 1. The maximum atomic E-state index is 14.5. The first kappa shape index (κ1) is 25.0. The second kappa shape index (κ2) is 8.97. The number of anilines is 1. The number of nitrogens with zero attached hydrogens (tertiary/aromatic N) is 3. The number of amides is 1. The van der Waals surface area contributed by atoms with Gasteiger partial charge < -0.3 is 10.1 Å². The first-order valence-electron chi connectivity index (χ1n) is 9.56. The number of halogens is 4. The Morgan fingerprint density at radius 1 is 1.09 bits per heavy atom. The molecule has 34 heavy (non-hydrogen) atoms. The van der Waals surface area contributed by atoms with Crippen molar-refractivity contribution in [3.63, 3.8) is 0 Å². The van der Waals surface area contributed by atoms with E-state index in [1.54, 1.807) is 0 Å². The second-order valence-electron chi connectivity index (χ2n) is 7.37. The summed E-state index contributed by atoms with van der Waals surface area (Å²) in [5, 5.41) is 8.83. The summed E-state index contributed by atoms with van der Waals surface area (Å²) in [5.41, 5.74) is -2.32. The molecular weight excluding hydrogens is 480 g/mol. The van der Waals surface area contributed by atoms with Crippen molar-refractivity contribution in [2.24, 2.45) is 0 Å². The van der Waals surface area contributed by atoms with Crippen LogP contribution >= 0.6 is 0 Å². The Balaban J connectivity index is 2.11. The zero-order valence-corrected chi connectivity index (χ0v) is 19.1. The maximum absolute atomic E-state index is 14.5. The van der Waals surface area contributed by atoms with E-state index in [1.165, 1.54) is 32.0 Å². The van der Waals surface area contributed by atoms with Crippen LogP contribution in [0.15, 0.2) is 35.2 Å². The summed E-state index contributed by atoms with van der Waals surface area (Å²) in [6.07, 6.45) is -3.98. The monoisotopic (exact) mass is 498 g/mol. The SMILES string of the molecule is Cc1cc(F)c(Oc2nnc(C(F)(F)F)c(C)c2C(=O)Nc2cccc(S(C)(=O)=O)c2)c(C)n1. The number of ether oxygens (including phenoxy) is 1. The molecule has 180 valence electrons. The van der Waals surface area contributed by atoms with Gasteiger partial charge in [-0.2, -0.15) is 13.2 Å². The van der Waals surface area contributed by atoms with E-state index in [2.05, 4.69) is 20.5 Å². The molecule has 2 aromatic heterocycles. The number of carbonyl (C=O) groups is 1. The summed E-state index contributed by atoms with van der Waals surface area (Å²) in [4.78, 5) is 16.9. The van der Waals surface area contributed by atoms with E-state index in [0.717, 1.165) is 25.3 Å². The van der Waals surface area contributed by atoms with Crippen molar-refractivity contribution in [2.75, 3.05) is 11.6 Å². The predicted octanol–water partition coefficient (Wildman–Crippen LogP) is 4.40. The highest BCUT2D eigenvalue weighted by Gasteiger charge is 2.38. The Morgan fingerprint density at radius 2 is 1.76 bits per heavy atom. The molecule has 1 N–H and O–H groups in total. The average Bonchev–Trinajstić information content (AvgIpc) is 2.69. The van der Waals surface area contributed by atoms with Gasteiger partial charge in [-0.1, -0.05) is 6.07 Å². The van der Waals surface area contributed by atoms with Gasteiger partial charge in [0, 0.05) is 17.6 Å². The maximum Gasteiger partial charge on any atom is 0.435 e. The number of aromatic nitrogens is 3. The molecule has 2 heterocycles. The molecule has 0 spiro atoms. The molecule has 0 atom stereocenters. The first-order chi connectivity index (χ1) is 15.7. The summed E-state index contributed by atoms with van der Waals surface area (Å²) in [7, 11) is -3.62. The molecule has 1 amide bonds. The number of rotatable bonds is 5. The highest BCUT2D eigenvalue weighted by atomic mass is 32.2. The van der Waals surface area contributed by atoms with Crippen LogP contribution < -0.4 is 10.1 Å². The van der Waals surface area contributed by atoms with Crippen LogP contribution in [0.25, 0.3) is 0 Å². The van der Waals surface area contributed by atoms with Crippen LogP contribution in [0, 0.1) is 26.6 Å². The Kier molecular flexibility index (Phi) is 6.60. The van der Waals surface area contributed by atoms with Crippen molar-refractivity contribution in [1.82, 2.24) is 15.2 Å². The minimum absolute atomic E-state index is 0.0111. The molecule has 13 heteroatoms. The van der Waals surface area contributed by atoms with E-state index in [4.69, 9.17) is 4.74 Å². The fourth-order valence-electron chi connectivity index (χ4n) is 3.09. The van der Waals surface area contributed by atoms with Crippen molar-refractivity contribution in [3.8, 4) is 11.6 Å². The van der Waals surface area contributed by atoms with Crippen molar-refractivity contribution in [2.45, 2.75) is 31.8 Å². The van der Waals surface area contributed by atoms with Gasteiger partial charge in [-0.25, -0.2) is 12.8 Å². The third-order valence-corrected chi connectivity index (χ3v) is 5.73. The highest BCUT2D eigenvalue weighted by molar-refractivity contribution is 7.90. The van der Waals surface area contributed by atoms with Crippen LogP contribution in [-0.2, 0) is 16.0 Å². The van der Waals surface area contributed by atoms with Crippen LogP contribution in [0.2, 0.25) is 0 Å². The van der Waals surface area contributed by atoms with E-state index in [-0.39, 0.29) is 16.3 Å². The van der Waals surface area contributed by atoms with Crippen LogP contribution in [0.3, 0.4) is 0 Å². The van der Waals surface area contributed by atoms with E-state index in [1.807, 2.05) is 0 Å². The lowest BCUT2D eigenvalue weighted by atomic mass is 10.1. The number of aryl methyl sites for hydroxylation is 2. The van der Waals surface area contributed by atoms with Gasteiger partial charge in [0.1, 0.15) is 5.56 Å².